The molecule has 0 amide bonds. The number of hydrogen-bond donors (Lipinski definition) is 1. The molecule has 7 nitrogen and oxygen atoms in total. The van der Waals surface area contributed by atoms with Crippen molar-refractivity contribution >= 4 is 11.7 Å². The van der Waals surface area contributed by atoms with E-state index in [0.717, 1.165) is 22.6 Å². The monoisotopic (exact) mass is 458 g/mol. The third-order valence-corrected chi connectivity index (χ3v) is 5.27. The molecule has 1 N–H and O–H groups in total. The summed E-state index contributed by atoms with van der Waals surface area (Å²) in [4.78, 5) is 19.3. The Bertz CT molecular complexity index is 935. The zero-order valence-corrected chi connectivity index (χ0v) is 19.1. The maximum Gasteiger partial charge on any atom is 0.305 e. The fraction of sp³-hybridized carbons (Fsp3) is 0.440. The minimum Gasteiger partial charge on any atom is -0.497 e. The molecule has 2 aromatic rings. The SMILES string of the molecule is CCCC(=O)OCC(O)CN(Cc1cccc(OC)c1)CC1CC(c2ccc(F)cc2)=NO1. The summed E-state index contributed by atoms with van der Waals surface area (Å²) in [7, 11) is 1.62. The Labute approximate surface area is 193 Å². The molecule has 8 heteroatoms. The molecule has 2 unspecified atom stereocenters. The zero-order valence-electron chi connectivity index (χ0n) is 19.1. The molecular weight excluding hydrogens is 427 g/mol. The lowest BCUT2D eigenvalue weighted by atomic mass is 10.0. The number of esters is 1. The Kier molecular flexibility index (Phi) is 9.21. The molecule has 0 radical (unpaired) electrons. The maximum atomic E-state index is 13.2. The highest BCUT2D eigenvalue weighted by atomic mass is 19.1. The van der Waals surface area contributed by atoms with Crippen molar-refractivity contribution < 1.29 is 28.6 Å². The van der Waals surface area contributed by atoms with Gasteiger partial charge in [0.25, 0.3) is 0 Å². The lowest BCUT2D eigenvalue weighted by molar-refractivity contribution is -0.147. The first-order valence-electron chi connectivity index (χ1n) is 11.1. The van der Waals surface area contributed by atoms with Crippen molar-refractivity contribution in [3.63, 3.8) is 0 Å². The van der Waals surface area contributed by atoms with Crippen molar-refractivity contribution in [1.29, 1.82) is 0 Å². The number of nitrogens with zero attached hydrogens (tertiary/aromatic N) is 2. The van der Waals surface area contributed by atoms with E-state index in [2.05, 4.69) is 5.16 Å². The van der Waals surface area contributed by atoms with Crippen LogP contribution >= 0.6 is 0 Å². The van der Waals surface area contributed by atoms with Gasteiger partial charge in [-0.1, -0.05) is 36.3 Å². The summed E-state index contributed by atoms with van der Waals surface area (Å²) in [5, 5.41) is 14.7. The second kappa shape index (κ2) is 12.3. The van der Waals surface area contributed by atoms with E-state index in [1.165, 1.54) is 12.1 Å². The van der Waals surface area contributed by atoms with Gasteiger partial charge in [0.15, 0.2) is 0 Å². The van der Waals surface area contributed by atoms with Crippen LogP contribution in [0.25, 0.3) is 0 Å². The first-order chi connectivity index (χ1) is 16.0. The number of methoxy groups -OCH3 is 1. The minimum absolute atomic E-state index is 0.0592. The van der Waals surface area contributed by atoms with Gasteiger partial charge in [0.05, 0.1) is 12.8 Å². The van der Waals surface area contributed by atoms with E-state index >= 15 is 0 Å². The van der Waals surface area contributed by atoms with E-state index in [-0.39, 0.29) is 24.5 Å². The average molecular weight is 459 g/mol. The maximum absolute atomic E-state index is 13.2. The predicted molar refractivity (Wildman–Crippen MR) is 123 cm³/mol. The molecule has 1 aliphatic heterocycles. The number of oxime groups is 1. The summed E-state index contributed by atoms with van der Waals surface area (Å²) in [5.74, 6) is 0.140. The number of halogens is 1. The number of benzene rings is 2. The molecule has 0 fully saturated rings. The van der Waals surface area contributed by atoms with Gasteiger partial charge in [-0.2, -0.15) is 0 Å². The van der Waals surface area contributed by atoms with Crippen molar-refractivity contribution in [3.8, 4) is 5.75 Å². The van der Waals surface area contributed by atoms with Crippen LogP contribution in [0.1, 0.15) is 37.3 Å². The fourth-order valence-corrected chi connectivity index (χ4v) is 3.68. The Hall–Kier alpha value is -2.97. The Morgan fingerprint density at radius 3 is 2.82 bits per heavy atom. The average Bonchev–Trinajstić information content (AvgIpc) is 3.27. The molecule has 0 bridgehead atoms. The van der Waals surface area contributed by atoms with Gasteiger partial charge >= 0.3 is 5.97 Å². The summed E-state index contributed by atoms with van der Waals surface area (Å²) in [5.41, 5.74) is 2.60. The normalized spacial score (nSPS) is 16.3. The van der Waals surface area contributed by atoms with Crippen LogP contribution < -0.4 is 4.74 Å². The van der Waals surface area contributed by atoms with Crippen molar-refractivity contribution in [2.75, 3.05) is 26.8 Å². The summed E-state index contributed by atoms with van der Waals surface area (Å²) in [6.07, 6.45) is 0.550. The predicted octanol–water partition coefficient (Wildman–Crippen LogP) is 3.53. The van der Waals surface area contributed by atoms with Crippen molar-refractivity contribution in [1.82, 2.24) is 4.90 Å². The van der Waals surface area contributed by atoms with Crippen molar-refractivity contribution in [2.45, 2.75) is 44.9 Å². The van der Waals surface area contributed by atoms with Crippen LogP contribution in [-0.4, -0.2) is 60.7 Å². The number of carbonyl (C=O) groups is 1. The highest BCUT2D eigenvalue weighted by molar-refractivity contribution is 6.01. The van der Waals surface area contributed by atoms with E-state index in [0.29, 0.717) is 38.9 Å². The lowest BCUT2D eigenvalue weighted by Gasteiger charge is -2.27. The summed E-state index contributed by atoms with van der Waals surface area (Å²) in [6, 6.07) is 13.9. The van der Waals surface area contributed by atoms with Gasteiger partial charge in [0.1, 0.15) is 30.4 Å². The molecule has 178 valence electrons. The van der Waals surface area contributed by atoms with E-state index in [9.17, 15) is 14.3 Å². The van der Waals surface area contributed by atoms with Crippen LogP contribution in [0.15, 0.2) is 53.7 Å². The molecule has 1 heterocycles. The number of aliphatic hydroxyl groups is 1. The topological polar surface area (TPSA) is 80.6 Å². The van der Waals surface area contributed by atoms with Crippen LogP contribution in [0, 0.1) is 5.82 Å². The van der Waals surface area contributed by atoms with Gasteiger partial charge in [-0.25, -0.2) is 4.39 Å². The number of aliphatic hydroxyl groups excluding tert-OH is 1. The van der Waals surface area contributed by atoms with Gasteiger partial charge < -0.3 is 19.4 Å². The van der Waals surface area contributed by atoms with Crippen LogP contribution in [-0.2, 0) is 20.9 Å². The Morgan fingerprint density at radius 1 is 1.30 bits per heavy atom. The molecule has 0 aliphatic carbocycles. The van der Waals surface area contributed by atoms with Gasteiger partial charge in [0.2, 0.25) is 0 Å². The second-order valence-corrected chi connectivity index (χ2v) is 8.11. The number of carbonyl (C=O) groups excluding carboxylic acids is 1. The second-order valence-electron chi connectivity index (χ2n) is 8.11. The summed E-state index contributed by atoms with van der Waals surface area (Å²) in [6.45, 7) is 3.18. The highest BCUT2D eigenvalue weighted by Crippen LogP contribution is 2.20. The van der Waals surface area contributed by atoms with E-state index < -0.39 is 6.10 Å². The number of rotatable bonds is 12. The summed E-state index contributed by atoms with van der Waals surface area (Å²) < 4.78 is 23.7. The number of hydrogen-bond acceptors (Lipinski definition) is 7. The van der Waals surface area contributed by atoms with Crippen molar-refractivity contribution in [2.24, 2.45) is 5.16 Å². The molecule has 0 saturated carbocycles. The zero-order chi connectivity index (χ0) is 23.6. The molecule has 1 aliphatic rings. The molecule has 2 atom stereocenters. The van der Waals surface area contributed by atoms with E-state index in [1.807, 2.05) is 36.1 Å². The molecule has 0 spiro atoms. The van der Waals surface area contributed by atoms with Crippen LogP contribution in [0.2, 0.25) is 0 Å². The quantitative estimate of drug-likeness (QED) is 0.490. The molecule has 3 rings (SSSR count). The Balaban J connectivity index is 1.62. The number of ether oxygens (including phenoxy) is 2. The fourth-order valence-electron chi connectivity index (χ4n) is 3.68. The van der Waals surface area contributed by atoms with Gasteiger partial charge in [0, 0.05) is 32.5 Å². The van der Waals surface area contributed by atoms with Crippen molar-refractivity contribution in [3.05, 3.63) is 65.5 Å². The smallest absolute Gasteiger partial charge is 0.305 e. The van der Waals surface area contributed by atoms with Crippen LogP contribution in [0.3, 0.4) is 0 Å². The first kappa shape index (κ1) is 24.7. The van der Waals surface area contributed by atoms with Gasteiger partial charge in [-0.3, -0.25) is 9.69 Å². The first-order valence-corrected chi connectivity index (χ1v) is 11.1. The van der Waals surface area contributed by atoms with Crippen LogP contribution in [0.4, 0.5) is 4.39 Å². The molecule has 0 saturated heterocycles. The molecular formula is C25H31FN2O5. The van der Waals surface area contributed by atoms with E-state index in [4.69, 9.17) is 14.3 Å². The van der Waals surface area contributed by atoms with Gasteiger partial charge in [-0.05, 0) is 41.8 Å². The standard InChI is InChI=1S/C25H31FN2O5/c1-3-5-25(30)32-17-21(29)15-28(14-18-6-4-7-22(12-18)31-2)16-23-13-24(27-33-23)19-8-10-20(26)11-9-19/h4,6-12,21,23,29H,3,5,13-17H2,1-2H3. The highest BCUT2D eigenvalue weighted by Gasteiger charge is 2.26. The summed E-state index contributed by atoms with van der Waals surface area (Å²) >= 11 is 0. The van der Waals surface area contributed by atoms with Gasteiger partial charge in [-0.15, -0.1) is 0 Å². The Morgan fingerprint density at radius 2 is 2.09 bits per heavy atom. The molecule has 2 aromatic carbocycles. The largest absolute Gasteiger partial charge is 0.497 e. The molecule has 0 aromatic heterocycles. The minimum atomic E-state index is -0.838. The molecule has 33 heavy (non-hydrogen) atoms. The third-order valence-electron chi connectivity index (χ3n) is 5.27. The van der Waals surface area contributed by atoms with E-state index in [1.54, 1.807) is 19.2 Å². The van der Waals surface area contributed by atoms with Crippen LogP contribution in [0.5, 0.6) is 5.75 Å². The third kappa shape index (κ3) is 7.83. The lowest BCUT2D eigenvalue weighted by Crippen LogP contribution is -2.39.